The summed E-state index contributed by atoms with van der Waals surface area (Å²) < 4.78 is 5.17. The number of carboxylic acids is 1. The lowest BCUT2D eigenvalue weighted by Crippen LogP contribution is -2.04. The highest BCUT2D eigenvalue weighted by atomic mass is 16.5. The Hall–Kier alpha value is -1.32. The van der Waals surface area contributed by atoms with E-state index < -0.39 is 5.97 Å². The molecule has 0 amide bonds. The Morgan fingerprint density at radius 2 is 2.50 bits per heavy atom. The molecular formula is C10H13NO3. The van der Waals surface area contributed by atoms with E-state index in [1.165, 1.54) is 0 Å². The molecule has 1 unspecified atom stereocenters. The zero-order valence-corrected chi connectivity index (χ0v) is 8.12. The molecule has 1 aromatic rings. The number of fused-ring (bicyclic) bond motifs is 1. The van der Waals surface area contributed by atoms with Crippen molar-refractivity contribution in [2.75, 3.05) is 0 Å². The maximum Gasteiger partial charge on any atom is 0.303 e. The average Bonchev–Trinajstić information content (AvgIpc) is 2.67. The summed E-state index contributed by atoms with van der Waals surface area (Å²) in [7, 11) is 0. The number of aliphatic carboxylic acids is 1. The van der Waals surface area contributed by atoms with Crippen molar-refractivity contribution in [2.45, 2.75) is 38.5 Å². The number of carbonyl (C=O) groups is 1. The van der Waals surface area contributed by atoms with Gasteiger partial charge in [0.2, 0.25) is 0 Å². The SMILES string of the molecule is CCc1noc2c1C(CC(=O)O)CC2. The summed E-state index contributed by atoms with van der Waals surface area (Å²) in [5.41, 5.74) is 2.00. The summed E-state index contributed by atoms with van der Waals surface area (Å²) in [6.07, 6.45) is 2.73. The van der Waals surface area contributed by atoms with Crippen molar-refractivity contribution in [2.24, 2.45) is 0 Å². The van der Waals surface area contributed by atoms with Gasteiger partial charge in [-0.2, -0.15) is 0 Å². The predicted octanol–water partition coefficient (Wildman–Crippen LogP) is 1.74. The molecule has 0 bridgehead atoms. The van der Waals surface area contributed by atoms with Crippen LogP contribution in [0.15, 0.2) is 4.52 Å². The maximum absolute atomic E-state index is 10.6. The van der Waals surface area contributed by atoms with Gasteiger partial charge in [-0.05, 0) is 12.8 Å². The molecule has 0 aliphatic heterocycles. The summed E-state index contributed by atoms with van der Waals surface area (Å²) in [5, 5.41) is 12.7. The molecule has 0 fully saturated rings. The molecule has 1 heterocycles. The van der Waals surface area contributed by atoms with E-state index in [1.807, 2.05) is 6.92 Å². The van der Waals surface area contributed by atoms with Gasteiger partial charge in [-0.1, -0.05) is 12.1 Å². The van der Waals surface area contributed by atoms with E-state index in [2.05, 4.69) is 5.16 Å². The Balaban J connectivity index is 2.26. The molecule has 0 saturated carbocycles. The predicted molar refractivity (Wildman–Crippen MR) is 49.2 cm³/mol. The van der Waals surface area contributed by atoms with Gasteiger partial charge >= 0.3 is 5.97 Å². The van der Waals surface area contributed by atoms with Crippen molar-refractivity contribution in [3.05, 3.63) is 17.0 Å². The van der Waals surface area contributed by atoms with E-state index in [0.717, 1.165) is 36.3 Å². The van der Waals surface area contributed by atoms with Gasteiger partial charge in [0.1, 0.15) is 5.76 Å². The molecule has 4 nitrogen and oxygen atoms in total. The summed E-state index contributed by atoms with van der Waals surface area (Å²) in [6, 6.07) is 0. The molecule has 4 heteroatoms. The highest BCUT2D eigenvalue weighted by Crippen LogP contribution is 2.37. The second kappa shape index (κ2) is 3.44. The average molecular weight is 195 g/mol. The van der Waals surface area contributed by atoms with E-state index in [0.29, 0.717) is 0 Å². The maximum atomic E-state index is 10.6. The van der Waals surface area contributed by atoms with E-state index in [-0.39, 0.29) is 12.3 Å². The molecule has 0 aromatic carbocycles. The highest BCUT2D eigenvalue weighted by Gasteiger charge is 2.31. The fourth-order valence-electron chi connectivity index (χ4n) is 2.13. The van der Waals surface area contributed by atoms with Crippen LogP contribution in [0, 0.1) is 0 Å². The van der Waals surface area contributed by atoms with Crippen molar-refractivity contribution in [3.63, 3.8) is 0 Å². The summed E-state index contributed by atoms with van der Waals surface area (Å²) in [6.45, 7) is 2.01. The van der Waals surface area contributed by atoms with Crippen molar-refractivity contribution >= 4 is 5.97 Å². The molecule has 1 aromatic heterocycles. The molecule has 1 atom stereocenters. The Labute approximate surface area is 81.9 Å². The van der Waals surface area contributed by atoms with Crippen LogP contribution in [0.1, 0.15) is 42.7 Å². The fraction of sp³-hybridized carbons (Fsp3) is 0.600. The Morgan fingerprint density at radius 3 is 3.14 bits per heavy atom. The lowest BCUT2D eigenvalue weighted by molar-refractivity contribution is -0.137. The second-order valence-electron chi connectivity index (χ2n) is 3.65. The van der Waals surface area contributed by atoms with E-state index in [4.69, 9.17) is 9.63 Å². The lowest BCUT2D eigenvalue weighted by atomic mass is 9.97. The standard InChI is InChI=1S/C10H13NO3/c1-2-7-10-6(5-9(12)13)3-4-8(10)14-11-7/h6H,2-5H2,1H3,(H,12,13). The third kappa shape index (κ3) is 1.41. The molecule has 14 heavy (non-hydrogen) atoms. The first-order valence-corrected chi connectivity index (χ1v) is 4.91. The van der Waals surface area contributed by atoms with Gasteiger partial charge in [-0.25, -0.2) is 0 Å². The highest BCUT2D eigenvalue weighted by molar-refractivity contribution is 5.68. The van der Waals surface area contributed by atoms with Crippen LogP contribution in [-0.2, 0) is 17.6 Å². The second-order valence-corrected chi connectivity index (χ2v) is 3.65. The Kier molecular flexibility index (Phi) is 2.27. The van der Waals surface area contributed by atoms with Crippen LogP contribution in [-0.4, -0.2) is 16.2 Å². The number of aromatic nitrogens is 1. The molecular weight excluding hydrogens is 182 g/mol. The molecule has 1 aliphatic carbocycles. The van der Waals surface area contributed by atoms with Gasteiger partial charge in [0.25, 0.3) is 0 Å². The normalized spacial score (nSPS) is 19.6. The lowest BCUT2D eigenvalue weighted by Gasteiger charge is -2.06. The number of hydrogen-bond donors (Lipinski definition) is 1. The number of rotatable bonds is 3. The van der Waals surface area contributed by atoms with Crippen molar-refractivity contribution in [1.29, 1.82) is 0 Å². The van der Waals surface area contributed by atoms with E-state index >= 15 is 0 Å². The Bertz CT molecular complexity index is 356. The van der Waals surface area contributed by atoms with Gasteiger partial charge < -0.3 is 9.63 Å². The van der Waals surface area contributed by atoms with Crippen molar-refractivity contribution < 1.29 is 14.4 Å². The van der Waals surface area contributed by atoms with Crippen LogP contribution >= 0.6 is 0 Å². The summed E-state index contributed by atoms with van der Waals surface area (Å²) >= 11 is 0. The van der Waals surface area contributed by atoms with Crippen LogP contribution in [0.2, 0.25) is 0 Å². The van der Waals surface area contributed by atoms with Crippen LogP contribution in [0.4, 0.5) is 0 Å². The monoisotopic (exact) mass is 195 g/mol. The van der Waals surface area contributed by atoms with Crippen molar-refractivity contribution in [1.82, 2.24) is 5.16 Å². The van der Waals surface area contributed by atoms with E-state index in [1.54, 1.807) is 0 Å². The molecule has 0 saturated heterocycles. The third-order valence-electron chi connectivity index (χ3n) is 2.76. The molecule has 0 radical (unpaired) electrons. The van der Waals surface area contributed by atoms with Crippen LogP contribution in [0.25, 0.3) is 0 Å². The molecule has 1 N–H and O–H groups in total. The van der Waals surface area contributed by atoms with Gasteiger partial charge in [-0.15, -0.1) is 0 Å². The van der Waals surface area contributed by atoms with Crippen molar-refractivity contribution in [3.8, 4) is 0 Å². The van der Waals surface area contributed by atoms with Crippen LogP contribution in [0.5, 0.6) is 0 Å². The largest absolute Gasteiger partial charge is 0.481 e. The van der Waals surface area contributed by atoms with E-state index in [9.17, 15) is 4.79 Å². The molecule has 76 valence electrons. The topological polar surface area (TPSA) is 63.3 Å². The molecule has 0 spiro atoms. The fourth-order valence-corrected chi connectivity index (χ4v) is 2.13. The number of nitrogens with zero attached hydrogens (tertiary/aromatic N) is 1. The third-order valence-corrected chi connectivity index (χ3v) is 2.76. The Morgan fingerprint density at radius 1 is 1.71 bits per heavy atom. The minimum Gasteiger partial charge on any atom is -0.481 e. The van der Waals surface area contributed by atoms with Gasteiger partial charge in [0, 0.05) is 17.9 Å². The number of carboxylic acid groups (broad SMARTS) is 1. The molecule has 1 aliphatic rings. The molecule has 2 rings (SSSR count). The van der Waals surface area contributed by atoms with Gasteiger partial charge in [0.15, 0.2) is 0 Å². The first-order valence-electron chi connectivity index (χ1n) is 4.91. The smallest absolute Gasteiger partial charge is 0.303 e. The zero-order chi connectivity index (χ0) is 10.1. The van der Waals surface area contributed by atoms with Gasteiger partial charge in [-0.3, -0.25) is 4.79 Å². The zero-order valence-electron chi connectivity index (χ0n) is 8.12. The number of aryl methyl sites for hydroxylation is 2. The number of hydrogen-bond acceptors (Lipinski definition) is 3. The minimum atomic E-state index is -0.744. The first-order chi connectivity index (χ1) is 6.72. The summed E-state index contributed by atoms with van der Waals surface area (Å²) in [4.78, 5) is 10.6. The van der Waals surface area contributed by atoms with Crippen LogP contribution in [0.3, 0.4) is 0 Å². The van der Waals surface area contributed by atoms with Crippen LogP contribution < -0.4 is 0 Å². The quantitative estimate of drug-likeness (QED) is 0.797. The minimum absolute atomic E-state index is 0.115. The summed E-state index contributed by atoms with van der Waals surface area (Å²) in [5.74, 6) is 0.267. The first kappa shape index (κ1) is 9.24. The van der Waals surface area contributed by atoms with Gasteiger partial charge in [0.05, 0.1) is 12.1 Å².